The number of aromatic nitrogens is 1. The van der Waals surface area contributed by atoms with Crippen molar-refractivity contribution in [3.63, 3.8) is 0 Å². The fourth-order valence-electron chi connectivity index (χ4n) is 1.58. The highest BCUT2D eigenvalue weighted by Crippen LogP contribution is 2.20. The van der Waals surface area contributed by atoms with Gasteiger partial charge >= 0.3 is 0 Å². The van der Waals surface area contributed by atoms with Crippen LogP contribution < -0.4 is 5.32 Å². The summed E-state index contributed by atoms with van der Waals surface area (Å²) in [6, 6.07) is 4.63. The molecule has 0 saturated carbocycles. The van der Waals surface area contributed by atoms with Crippen molar-refractivity contribution in [3.8, 4) is 11.5 Å². The third-order valence-electron chi connectivity index (χ3n) is 2.82. The highest BCUT2D eigenvalue weighted by molar-refractivity contribution is 5.93. The number of nitrogens with one attached hydrogen (secondary N) is 1. The van der Waals surface area contributed by atoms with E-state index in [1.165, 1.54) is 12.3 Å². The molecule has 6 heteroatoms. The molecule has 0 bridgehead atoms. The molecular formula is C13H16N2O4. The van der Waals surface area contributed by atoms with Crippen molar-refractivity contribution in [1.29, 1.82) is 0 Å². The number of aliphatic hydroxyl groups excluding tert-OH is 1. The molecule has 0 aliphatic heterocycles. The Morgan fingerprint density at radius 1 is 1.47 bits per heavy atom. The van der Waals surface area contributed by atoms with Crippen LogP contribution in [0.2, 0.25) is 0 Å². The van der Waals surface area contributed by atoms with E-state index in [9.17, 15) is 9.90 Å². The van der Waals surface area contributed by atoms with Gasteiger partial charge in [0.1, 0.15) is 0 Å². The lowest BCUT2D eigenvalue weighted by Gasteiger charge is -2.18. The van der Waals surface area contributed by atoms with Crippen LogP contribution in [-0.4, -0.2) is 28.8 Å². The third kappa shape index (κ3) is 3.03. The molecule has 6 nitrogen and oxygen atoms in total. The third-order valence-corrected chi connectivity index (χ3v) is 2.82. The van der Waals surface area contributed by atoms with Gasteiger partial charge in [0, 0.05) is 6.07 Å². The van der Waals surface area contributed by atoms with E-state index < -0.39 is 0 Å². The largest absolute Gasteiger partial charge is 0.461 e. The Labute approximate surface area is 110 Å². The van der Waals surface area contributed by atoms with Gasteiger partial charge in [-0.2, -0.15) is 0 Å². The van der Waals surface area contributed by atoms with Gasteiger partial charge in [-0.3, -0.25) is 4.79 Å². The molecule has 0 radical (unpaired) electrons. The smallest absolute Gasteiger partial charge is 0.273 e. The molecule has 0 aromatic carbocycles. The fourth-order valence-corrected chi connectivity index (χ4v) is 1.58. The van der Waals surface area contributed by atoms with E-state index in [2.05, 4.69) is 10.5 Å². The predicted molar refractivity (Wildman–Crippen MR) is 67.4 cm³/mol. The number of rotatable bonds is 5. The van der Waals surface area contributed by atoms with Gasteiger partial charge in [0.15, 0.2) is 11.5 Å². The summed E-state index contributed by atoms with van der Waals surface area (Å²) in [4.78, 5) is 11.9. The van der Waals surface area contributed by atoms with Crippen molar-refractivity contribution in [2.45, 2.75) is 19.9 Å². The van der Waals surface area contributed by atoms with E-state index in [-0.39, 0.29) is 30.2 Å². The number of nitrogens with zero attached hydrogens (tertiary/aromatic N) is 1. The Hall–Kier alpha value is -2.08. The summed E-state index contributed by atoms with van der Waals surface area (Å²) in [5.41, 5.74) is 0.158. The lowest BCUT2D eigenvalue weighted by molar-refractivity contribution is 0.0887. The predicted octanol–water partition coefficient (Wildman–Crippen LogP) is 1.68. The zero-order valence-electron chi connectivity index (χ0n) is 10.8. The highest BCUT2D eigenvalue weighted by Gasteiger charge is 2.20. The quantitative estimate of drug-likeness (QED) is 0.857. The number of carbonyl (C=O) groups excluding carboxylic acids is 1. The lowest BCUT2D eigenvalue weighted by Crippen LogP contribution is -2.41. The summed E-state index contributed by atoms with van der Waals surface area (Å²) in [7, 11) is 0. The Morgan fingerprint density at radius 2 is 2.26 bits per heavy atom. The van der Waals surface area contributed by atoms with Gasteiger partial charge in [-0.25, -0.2) is 0 Å². The molecule has 0 aliphatic rings. The molecule has 2 rings (SSSR count). The van der Waals surface area contributed by atoms with Crippen molar-refractivity contribution in [1.82, 2.24) is 10.5 Å². The minimum atomic E-state index is -0.380. The van der Waals surface area contributed by atoms with Crippen LogP contribution in [0, 0.1) is 5.92 Å². The van der Waals surface area contributed by atoms with Gasteiger partial charge in [0.25, 0.3) is 5.91 Å². The molecule has 2 heterocycles. The van der Waals surface area contributed by atoms with E-state index in [0.29, 0.717) is 11.5 Å². The normalized spacial score (nSPS) is 12.6. The molecule has 0 aliphatic carbocycles. The van der Waals surface area contributed by atoms with E-state index in [1.54, 1.807) is 12.1 Å². The van der Waals surface area contributed by atoms with Crippen LogP contribution in [0.1, 0.15) is 24.3 Å². The molecule has 1 unspecified atom stereocenters. The SMILES string of the molecule is CC(C)C(CO)NC(=O)c1cc(-c2ccco2)on1. The second kappa shape index (κ2) is 5.71. The fraction of sp³-hybridized carbons (Fsp3) is 0.385. The molecule has 19 heavy (non-hydrogen) atoms. The van der Waals surface area contributed by atoms with E-state index in [1.807, 2.05) is 13.8 Å². The minimum Gasteiger partial charge on any atom is -0.461 e. The number of carbonyl (C=O) groups is 1. The second-order valence-electron chi connectivity index (χ2n) is 4.56. The molecule has 2 aromatic heterocycles. The number of aliphatic hydroxyl groups is 1. The zero-order valence-corrected chi connectivity index (χ0v) is 10.8. The van der Waals surface area contributed by atoms with Gasteiger partial charge < -0.3 is 19.4 Å². The van der Waals surface area contributed by atoms with Gasteiger partial charge in [0.2, 0.25) is 5.76 Å². The molecule has 0 saturated heterocycles. The maximum atomic E-state index is 11.9. The first-order valence-corrected chi connectivity index (χ1v) is 6.04. The average molecular weight is 264 g/mol. The summed E-state index contributed by atoms with van der Waals surface area (Å²) in [6.45, 7) is 3.71. The molecule has 2 N–H and O–H groups in total. The first-order chi connectivity index (χ1) is 9.11. The first kappa shape index (κ1) is 13.4. The second-order valence-corrected chi connectivity index (χ2v) is 4.56. The molecule has 1 amide bonds. The van der Waals surface area contributed by atoms with Crippen molar-refractivity contribution >= 4 is 5.91 Å². The van der Waals surface area contributed by atoms with Crippen LogP contribution in [0.25, 0.3) is 11.5 Å². The van der Waals surface area contributed by atoms with Crippen LogP contribution in [0.3, 0.4) is 0 Å². The van der Waals surface area contributed by atoms with Crippen molar-refractivity contribution in [3.05, 3.63) is 30.2 Å². The Bertz CT molecular complexity index is 531. The monoisotopic (exact) mass is 264 g/mol. The summed E-state index contributed by atoms with van der Waals surface area (Å²) in [6.07, 6.45) is 1.51. The van der Waals surface area contributed by atoms with Crippen molar-refractivity contribution < 1.29 is 18.8 Å². The summed E-state index contributed by atoms with van der Waals surface area (Å²) >= 11 is 0. The molecule has 0 fully saturated rings. The molecule has 2 aromatic rings. The maximum absolute atomic E-state index is 11.9. The molecular weight excluding hydrogens is 248 g/mol. The van der Waals surface area contributed by atoms with Gasteiger partial charge in [-0.1, -0.05) is 19.0 Å². The Balaban J connectivity index is 2.08. The van der Waals surface area contributed by atoms with Crippen LogP contribution in [-0.2, 0) is 0 Å². The number of amides is 1. The van der Waals surface area contributed by atoms with Gasteiger partial charge in [0.05, 0.1) is 18.9 Å². The number of hydrogen-bond donors (Lipinski definition) is 2. The topological polar surface area (TPSA) is 88.5 Å². The van der Waals surface area contributed by atoms with Gasteiger partial charge in [-0.05, 0) is 18.1 Å². The zero-order chi connectivity index (χ0) is 13.8. The van der Waals surface area contributed by atoms with E-state index in [4.69, 9.17) is 8.94 Å². The average Bonchev–Trinajstić information content (AvgIpc) is 3.04. The summed E-state index contributed by atoms with van der Waals surface area (Å²) in [5.74, 6) is 0.647. The standard InChI is InChI=1S/C13H16N2O4/c1-8(2)10(7-16)14-13(17)9-6-12(19-15-9)11-4-3-5-18-11/h3-6,8,10,16H,7H2,1-2H3,(H,14,17). The Kier molecular flexibility index (Phi) is 4.01. The Morgan fingerprint density at radius 3 is 2.84 bits per heavy atom. The van der Waals surface area contributed by atoms with Crippen LogP contribution in [0.4, 0.5) is 0 Å². The lowest BCUT2D eigenvalue weighted by atomic mass is 10.1. The van der Waals surface area contributed by atoms with E-state index >= 15 is 0 Å². The number of furan rings is 1. The van der Waals surface area contributed by atoms with Crippen LogP contribution in [0.15, 0.2) is 33.4 Å². The summed E-state index contributed by atoms with van der Waals surface area (Å²) in [5, 5.41) is 15.6. The maximum Gasteiger partial charge on any atom is 0.273 e. The highest BCUT2D eigenvalue weighted by atomic mass is 16.5. The molecule has 0 spiro atoms. The van der Waals surface area contributed by atoms with Crippen molar-refractivity contribution in [2.24, 2.45) is 5.92 Å². The van der Waals surface area contributed by atoms with Crippen LogP contribution >= 0.6 is 0 Å². The van der Waals surface area contributed by atoms with E-state index in [0.717, 1.165) is 0 Å². The molecule has 102 valence electrons. The summed E-state index contributed by atoms with van der Waals surface area (Å²) < 4.78 is 10.2. The molecule has 1 atom stereocenters. The van der Waals surface area contributed by atoms with Gasteiger partial charge in [-0.15, -0.1) is 0 Å². The van der Waals surface area contributed by atoms with Crippen LogP contribution in [0.5, 0.6) is 0 Å². The minimum absolute atomic E-state index is 0.119. The number of hydrogen-bond acceptors (Lipinski definition) is 5. The first-order valence-electron chi connectivity index (χ1n) is 6.04. The van der Waals surface area contributed by atoms with Crippen molar-refractivity contribution in [2.75, 3.05) is 6.61 Å².